The molecule has 0 bridgehead atoms. The Bertz CT molecular complexity index is 948. The highest BCUT2D eigenvalue weighted by Gasteiger charge is 2.25. The van der Waals surface area contributed by atoms with Gasteiger partial charge in [0.25, 0.3) is 5.91 Å². The molecule has 2 aromatic heterocycles. The van der Waals surface area contributed by atoms with E-state index >= 15 is 0 Å². The molecule has 0 N–H and O–H groups in total. The minimum atomic E-state index is -0.102. The Morgan fingerprint density at radius 1 is 1.23 bits per heavy atom. The fraction of sp³-hybridized carbons (Fsp3) is 0.316. The number of piperazine rings is 1. The Kier molecular flexibility index (Phi) is 4.61. The van der Waals surface area contributed by atoms with Gasteiger partial charge in [-0.3, -0.25) is 14.7 Å². The molecule has 6 nitrogen and oxygen atoms in total. The standard InChI is InChI=1S/C19H19ClN4O2/c1-13-11-17(26-22-13)19(25)24-9-7-23(8-10-24)12-15-16(20)5-4-14-3-2-6-21-18(14)15/h2-6,11H,7-10,12H2,1H3. The Balaban J connectivity index is 1.45. The monoisotopic (exact) mass is 370 g/mol. The van der Waals surface area contributed by atoms with Crippen LogP contribution in [0.25, 0.3) is 10.9 Å². The fourth-order valence-electron chi connectivity index (χ4n) is 3.28. The van der Waals surface area contributed by atoms with E-state index in [1.165, 1.54) is 0 Å². The first kappa shape index (κ1) is 17.0. The first-order valence-corrected chi connectivity index (χ1v) is 8.96. The zero-order valence-electron chi connectivity index (χ0n) is 14.5. The third-order valence-corrected chi connectivity index (χ3v) is 5.06. The van der Waals surface area contributed by atoms with E-state index < -0.39 is 0 Å². The van der Waals surface area contributed by atoms with Crippen molar-refractivity contribution in [2.75, 3.05) is 26.2 Å². The van der Waals surface area contributed by atoms with Crippen molar-refractivity contribution in [2.24, 2.45) is 0 Å². The van der Waals surface area contributed by atoms with Gasteiger partial charge in [-0.1, -0.05) is 28.9 Å². The molecule has 4 rings (SSSR count). The molecule has 3 heterocycles. The quantitative estimate of drug-likeness (QED) is 0.708. The molecule has 0 atom stereocenters. The molecule has 1 saturated heterocycles. The van der Waals surface area contributed by atoms with Gasteiger partial charge in [-0.05, 0) is 19.1 Å². The van der Waals surface area contributed by atoms with E-state index in [0.29, 0.717) is 24.5 Å². The second-order valence-corrected chi connectivity index (χ2v) is 6.91. The zero-order valence-corrected chi connectivity index (χ0v) is 15.2. The number of carbonyl (C=O) groups is 1. The van der Waals surface area contributed by atoms with Crippen molar-refractivity contribution >= 4 is 28.4 Å². The minimum absolute atomic E-state index is 0.102. The van der Waals surface area contributed by atoms with Gasteiger partial charge in [-0.2, -0.15) is 0 Å². The number of nitrogens with zero attached hydrogens (tertiary/aromatic N) is 4. The molecule has 0 saturated carbocycles. The van der Waals surface area contributed by atoms with Crippen LogP contribution >= 0.6 is 11.6 Å². The first-order valence-electron chi connectivity index (χ1n) is 8.59. The van der Waals surface area contributed by atoms with E-state index in [4.69, 9.17) is 16.1 Å². The second kappa shape index (κ2) is 7.05. The molecule has 0 aliphatic carbocycles. The van der Waals surface area contributed by atoms with Crippen molar-refractivity contribution in [3.8, 4) is 0 Å². The average molecular weight is 371 g/mol. The lowest BCUT2D eigenvalue weighted by molar-refractivity contribution is 0.0589. The SMILES string of the molecule is Cc1cc(C(=O)N2CCN(Cc3c(Cl)ccc4cccnc34)CC2)on1. The van der Waals surface area contributed by atoms with Gasteiger partial charge < -0.3 is 9.42 Å². The van der Waals surface area contributed by atoms with Crippen molar-refractivity contribution in [1.82, 2.24) is 19.9 Å². The van der Waals surface area contributed by atoms with Gasteiger partial charge in [0.05, 0.1) is 11.2 Å². The van der Waals surface area contributed by atoms with Crippen LogP contribution in [0, 0.1) is 6.92 Å². The number of aromatic nitrogens is 2. The average Bonchev–Trinajstić information content (AvgIpc) is 3.10. The van der Waals surface area contributed by atoms with Crippen molar-refractivity contribution in [2.45, 2.75) is 13.5 Å². The summed E-state index contributed by atoms with van der Waals surface area (Å²) in [5.41, 5.74) is 2.69. The van der Waals surface area contributed by atoms with Crippen LogP contribution in [0.3, 0.4) is 0 Å². The number of pyridine rings is 1. The van der Waals surface area contributed by atoms with Crippen LogP contribution in [0.1, 0.15) is 21.8 Å². The summed E-state index contributed by atoms with van der Waals surface area (Å²) in [7, 11) is 0. The van der Waals surface area contributed by atoms with E-state index in [-0.39, 0.29) is 5.91 Å². The van der Waals surface area contributed by atoms with E-state index in [9.17, 15) is 4.79 Å². The molecule has 1 amide bonds. The molecule has 0 radical (unpaired) electrons. The summed E-state index contributed by atoms with van der Waals surface area (Å²) in [5, 5.41) is 5.60. The van der Waals surface area contributed by atoms with Crippen LogP contribution < -0.4 is 0 Å². The summed E-state index contributed by atoms with van der Waals surface area (Å²) in [6, 6.07) is 9.56. The molecule has 26 heavy (non-hydrogen) atoms. The van der Waals surface area contributed by atoms with Crippen LogP contribution in [-0.2, 0) is 6.54 Å². The molecule has 1 aromatic carbocycles. The lowest BCUT2D eigenvalue weighted by atomic mass is 10.1. The molecule has 0 spiro atoms. The minimum Gasteiger partial charge on any atom is -0.351 e. The van der Waals surface area contributed by atoms with Crippen LogP contribution in [0.2, 0.25) is 5.02 Å². The van der Waals surface area contributed by atoms with Crippen LogP contribution in [-0.4, -0.2) is 52.0 Å². The smallest absolute Gasteiger partial charge is 0.292 e. The van der Waals surface area contributed by atoms with Gasteiger partial charge in [0.1, 0.15) is 0 Å². The van der Waals surface area contributed by atoms with E-state index in [1.54, 1.807) is 24.1 Å². The van der Waals surface area contributed by atoms with Crippen LogP contribution in [0.15, 0.2) is 41.1 Å². The third-order valence-electron chi connectivity index (χ3n) is 4.70. The molecule has 1 aliphatic rings. The number of benzene rings is 1. The van der Waals surface area contributed by atoms with E-state index in [1.807, 2.05) is 24.3 Å². The third kappa shape index (κ3) is 3.30. The van der Waals surface area contributed by atoms with Gasteiger partial charge >= 0.3 is 0 Å². The molecular formula is C19H19ClN4O2. The van der Waals surface area contributed by atoms with Crippen molar-refractivity contribution in [3.05, 3.63) is 58.6 Å². The van der Waals surface area contributed by atoms with Gasteiger partial charge in [-0.15, -0.1) is 0 Å². The van der Waals surface area contributed by atoms with Gasteiger partial charge in [0, 0.05) is 61.0 Å². The lowest BCUT2D eigenvalue weighted by Gasteiger charge is -2.34. The highest BCUT2D eigenvalue weighted by atomic mass is 35.5. The molecule has 7 heteroatoms. The number of aryl methyl sites for hydroxylation is 1. The topological polar surface area (TPSA) is 62.5 Å². The number of carbonyl (C=O) groups excluding carboxylic acids is 1. The number of halogens is 1. The van der Waals surface area contributed by atoms with E-state index in [2.05, 4.69) is 15.0 Å². The van der Waals surface area contributed by atoms with E-state index in [0.717, 1.165) is 41.1 Å². The molecule has 3 aromatic rings. The molecule has 134 valence electrons. The fourth-order valence-corrected chi connectivity index (χ4v) is 3.50. The second-order valence-electron chi connectivity index (χ2n) is 6.50. The summed E-state index contributed by atoms with van der Waals surface area (Å²) in [4.78, 5) is 21.0. The number of amides is 1. The van der Waals surface area contributed by atoms with Crippen molar-refractivity contribution in [1.29, 1.82) is 0 Å². The Morgan fingerprint density at radius 3 is 2.77 bits per heavy atom. The largest absolute Gasteiger partial charge is 0.351 e. The Labute approximate surface area is 156 Å². The maximum atomic E-state index is 12.4. The summed E-state index contributed by atoms with van der Waals surface area (Å²) in [6.07, 6.45) is 1.79. The molecule has 0 unspecified atom stereocenters. The first-order chi connectivity index (χ1) is 12.6. The normalized spacial score (nSPS) is 15.5. The van der Waals surface area contributed by atoms with Gasteiger partial charge in [0.2, 0.25) is 5.76 Å². The van der Waals surface area contributed by atoms with Gasteiger partial charge in [-0.25, -0.2) is 0 Å². The number of hydrogen-bond acceptors (Lipinski definition) is 5. The highest BCUT2D eigenvalue weighted by molar-refractivity contribution is 6.32. The summed E-state index contributed by atoms with van der Waals surface area (Å²) < 4.78 is 5.09. The Morgan fingerprint density at radius 2 is 2.04 bits per heavy atom. The summed E-state index contributed by atoms with van der Waals surface area (Å²) >= 11 is 6.43. The molecule has 1 fully saturated rings. The number of fused-ring (bicyclic) bond motifs is 1. The van der Waals surface area contributed by atoms with Crippen LogP contribution in [0.4, 0.5) is 0 Å². The number of rotatable bonds is 3. The highest BCUT2D eigenvalue weighted by Crippen LogP contribution is 2.26. The summed E-state index contributed by atoms with van der Waals surface area (Å²) in [6.45, 7) is 5.37. The predicted octanol–water partition coefficient (Wildman–Crippen LogP) is 3.14. The number of hydrogen-bond donors (Lipinski definition) is 0. The molecular weight excluding hydrogens is 352 g/mol. The van der Waals surface area contributed by atoms with Crippen molar-refractivity contribution in [3.63, 3.8) is 0 Å². The molecule has 1 aliphatic heterocycles. The maximum Gasteiger partial charge on any atom is 0.292 e. The van der Waals surface area contributed by atoms with Crippen LogP contribution in [0.5, 0.6) is 0 Å². The van der Waals surface area contributed by atoms with Gasteiger partial charge in [0.15, 0.2) is 0 Å². The summed E-state index contributed by atoms with van der Waals surface area (Å²) in [5.74, 6) is 0.201. The Hall–Kier alpha value is -2.44. The zero-order chi connectivity index (χ0) is 18.1. The maximum absolute atomic E-state index is 12.4. The lowest BCUT2D eigenvalue weighted by Crippen LogP contribution is -2.48. The predicted molar refractivity (Wildman–Crippen MR) is 99.2 cm³/mol. The van der Waals surface area contributed by atoms with Crippen molar-refractivity contribution < 1.29 is 9.32 Å².